The molecule has 0 bridgehead atoms. The van der Waals surface area contributed by atoms with E-state index in [2.05, 4.69) is 74.4 Å². The van der Waals surface area contributed by atoms with Gasteiger partial charge in [-0.15, -0.1) is 21.0 Å². The second kappa shape index (κ2) is 26.3. The van der Waals surface area contributed by atoms with E-state index >= 15 is 0 Å². The van der Waals surface area contributed by atoms with E-state index in [1.54, 1.807) is 6.92 Å². The quantitative estimate of drug-likeness (QED) is 0.0326. The number of aromatic amines is 1. The number of Topliss-reactive ketones (excluding diaryl/α,β-unsaturated/α-hetero) is 1. The van der Waals surface area contributed by atoms with Crippen LogP contribution < -0.4 is 15.5 Å². The van der Waals surface area contributed by atoms with Crippen molar-refractivity contribution in [2.75, 3.05) is 30.1 Å². The molecule has 0 saturated heterocycles. The second-order valence-corrected chi connectivity index (χ2v) is 15.1. The van der Waals surface area contributed by atoms with Crippen molar-refractivity contribution in [3.8, 4) is 11.3 Å². The van der Waals surface area contributed by atoms with Crippen molar-refractivity contribution < 1.29 is 27.6 Å². The van der Waals surface area contributed by atoms with Crippen LogP contribution in [-0.2, 0) is 17.0 Å². The fourth-order valence-electron chi connectivity index (χ4n) is 4.51. The van der Waals surface area contributed by atoms with Crippen LogP contribution in [0.3, 0.4) is 0 Å². The summed E-state index contributed by atoms with van der Waals surface area (Å²) >= 11 is 5.36. The van der Waals surface area contributed by atoms with Gasteiger partial charge in [-0.25, -0.2) is 4.79 Å². The standard InChI is InChI=1S/C19H26N5O2PS.C11H16S.C8H5F3OS.C2H6/c1-5-6-14(25)11-28-12(2)20-19(26)21-15-8-7-13(9-17(15)27)16-10-18(23-22-16)24(3)4;1-3-4-10-5-6-11(8-12)9(2)7-10;9-8(10,11)13-7-3-1-6(5-12)2-4-7;1-2/h7-10H,5-6,11,27H2,1-4H3,(H,21,26)(H,22,23);5-7,12H,3-4,8H2,1-2H3;1-5H;1-2H3/b20-12-;;;. The third-order valence-electron chi connectivity index (χ3n) is 7.22. The van der Waals surface area contributed by atoms with Crippen LogP contribution in [0.2, 0.25) is 0 Å². The number of aliphatic imine (C=N–C) groups is 1. The average molecular weight is 836 g/mol. The normalized spacial score (nSPS) is 10.8. The number of halogens is 3. The molecular formula is C40H53F3N5O3PS3. The Balaban J connectivity index is 0.000000462. The van der Waals surface area contributed by atoms with E-state index in [1.807, 2.05) is 64.0 Å². The van der Waals surface area contributed by atoms with Crippen LogP contribution in [0.25, 0.3) is 11.3 Å². The van der Waals surface area contributed by atoms with Crippen LogP contribution in [0.5, 0.6) is 0 Å². The molecule has 1 aromatic heterocycles. The summed E-state index contributed by atoms with van der Waals surface area (Å²) in [6.07, 6.45) is 4.38. The van der Waals surface area contributed by atoms with Gasteiger partial charge in [-0.05, 0) is 84.7 Å². The zero-order chi connectivity index (χ0) is 41.6. The minimum atomic E-state index is -4.28. The molecule has 55 heavy (non-hydrogen) atoms. The van der Waals surface area contributed by atoms with Gasteiger partial charge in [0.05, 0.1) is 16.5 Å². The second-order valence-electron chi connectivity index (χ2n) is 11.9. The van der Waals surface area contributed by atoms with Crippen LogP contribution >= 0.6 is 45.4 Å². The number of thiol groups is 1. The number of hydrogen-bond acceptors (Lipinski definition) is 8. The minimum absolute atomic E-state index is 0.0816. The Morgan fingerprint density at radius 2 is 1.69 bits per heavy atom. The van der Waals surface area contributed by atoms with Gasteiger partial charge in [0, 0.05) is 54.0 Å². The van der Waals surface area contributed by atoms with Gasteiger partial charge in [0.2, 0.25) is 0 Å². The molecule has 300 valence electrons. The molecule has 1 unspecified atom stereocenters. The number of amides is 2. The molecule has 0 saturated carbocycles. The summed E-state index contributed by atoms with van der Waals surface area (Å²) in [6, 6.07) is 19.1. The molecule has 0 spiro atoms. The topological polar surface area (TPSA) is 108 Å². The van der Waals surface area contributed by atoms with Gasteiger partial charge in [-0.1, -0.05) is 70.5 Å². The number of aromatic nitrogens is 2. The monoisotopic (exact) mass is 835 g/mol. The first-order valence-corrected chi connectivity index (χ1v) is 20.7. The number of H-pyrrole nitrogens is 1. The van der Waals surface area contributed by atoms with Gasteiger partial charge in [0.25, 0.3) is 0 Å². The summed E-state index contributed by atoms with van der Waals surface area (Å²) in [4.78, 5) is 39.9. The van der Waals surface area contributed by atoms with E-state index in [0.29, 0.717) is 34.8 Å². The Morgan fingerprint density at radius 1 is 1.02 bits per heavy atom. The average Bonchev–Trinajstić information content (AvgIpc) is 3.64. The zero-order valence-electron chi connectivity index (χ0n) is 32.7. The molecule has 1 heterocycles. The van der Waals surface area contributed by atoms with Gasteiger partial charge in [-0.2, -0.15) is 35.9 Å². The minimum Gasteiger partial charge on any atom is -0.361 e. The maximum atomic E-state index is 12.2. The van der Waals surface area contributed by atoms with E-state index in [4.69, 9.17) is 0 Å². The van der Waals surface area contributed by atoms with Crippen molar-refractivity contribution in [2.24, 2.45) is 4.99 Å². The molecule has 0 radical (unpaired) electrons. The molecule has 0 aliphatic heterocycles. The van der Waals surface area contributed by atoms with Crippen LogP contribution in [0.4, 0.5) is 29.5 Å². The van der Waals surface area contributed by atoms with Crippen LogP contribution in [0.15, 0.2) is 76.6 Å². The SMILES string of the molecule is CC.CCCC(=O)CS/C(C)=N\C(=O)Nc1ccc(-c2cc(N(C)C)n[nH]2)cc1P.CCCc1ccc(CS)c(C)c1.O=Cc1ccc(SC(F)(F)F)cc1. The van der Waals surface area contributed by atoms with Gasteiger partial charge >= 0.3 is 11.5 Å². The number of thioether (sulfide) groups is 2. The highest BCUT2D eigenvalue weighted by Crippen LogP contribution is 2.36. The van der Waals surface area contributed by atoms with E-state index in [9.17, 15) is 27.6 Å². The van der Waals surface area contributed by atoms with Crippen molar-refractivity contribution in [1.82, 2.24) is 10.2 Å². The molecule has 4 aromatic rings. The van der Waals surface area contributed by atoms with E-state index in [1.165, 1.54) is 65.6 Å². The highest BCUT2D eigenvalue weighted by Gasteiger charge is 2.29. The first-order chi connectivity index (χ1) is 26.1. The van der Waals surface area contributed by atoms with Crippen LogP contribution in [0.1, 0.15) is 80.9 Å². The summed E-state index contributed by atoms with van der Waals surface area (Å²) in [5.74, 6) is 2.20. The number of benzene rings is 3. The Kier molecular flexibility index (Phi) is 23.6. The third kappa shape index (κ3) is 19.7. The Labute approximate surface area is 340 Å². The maximum absolute atomic E-state index is 12.2. The molecule has 0 fully saturated rings. The highest BCUT2D eigenvalue weighted by molar-refractivity contribution is 8.14. The number of nitrogens with one attached hydrogen (secondary N) is 2. The number of alkyl halides is 3. The van der Waals surface area contributed by atoms with Crippen molar-refractivity contribution in [2.45, 2.75) is 83.4 Å². The lowest BCUT2D eigenvalue weighted by Gasteiger charge is -2.08. The summed E-state index contributed by atoms with van der Waals surface area (Å²) < 4.78 is 35.5. The molecule has 2 amide bonds. The van der Waals surface area contributed by atoms with E-state index in [0.717, 1.165) is 34.6 Å². The smallest absolute Gasteiger partial charge is 0.361 e. The molecule has 3 aromatic carbocycles. The Hall–Kier alpha value is -3.58. The lowest BCUT2D eigenvalue weighted by atomic mass is 10.0. The molecule has 4 rings (SSSR count). The maximum Gasteiger partial charge on any atom is 0.446 e. The number of hydrogen-bond donors (Lipinski definition) is 3. The third-order valence-corrected chi connectivity index (χ3v) is 9.76. The van der Waals surface area contributed by atoms with Gasteiger partial charge < -0.3 is 10.2 Å². The van der Waals surface area contributed by atoms with Crippen LogP contribution in [-0.4, -0.2) is 58.7 Å². The Bertz CT molecular complexity index is 1820. The fraction of sp³-hybridized carbons (Fsp3) is 0.375. The van der Waals surface area contributed by atoms with Crippen molar-refractivity contribution in [3.63, 3.8) is 0 Å². The molecule has 0 aliphatic carbocycles. The molecule has 0 aliphatic rings. The number of carbonyl (C=O) groups excluding carboxylic acids is 3. The number of aldehydes is 1. The predicted molar refractivity (Wildman–Crippen MR) is 235 cm³/mol. The largest absolute Gasteiger partial charge is 0.446 e. The molecule has 1 atom stereocenters. The van der Waals surface area contributed by atoms with E-state index < -0.39 is 11.5 Å². The van der Waals surface area contributed by atoms with Crippen molar-refractivity contribution >= 4 is 85.3 Å². The number of ketones is 1. The molecule has 8 nitrogen and oxygen atoms in total. The van der Waals surface area contributed by atoms with Gasteiger partial charge in [0.15, 0.2) is 0 Å². The fourth-order valence-corrected chi connectivity index (χ4v) is 6.42. The number of aryl methyl sites for hydroxylation is 2. The number of nitrogens with zero attached hydrogens (tertiary/aromatic N) is 3. The number of rotatable bonds is 12. The zero-order valence-corrected chi connectivity index (χ0v) is 36.4. The van der Waals surface area contributed by atoms with Crippen LogP contribution in [0, 0.1) is 6.92 Å². The molecule has 2 N–H and O–H groups in total. The number of anilines is 2. The Morgan fingerprint density at radius 3 is 2.20 bits per heavy atom. The first kappa shape index (κ1) is 49.4. The van der Waals surface area contributed by atoms with Gasteiger partial charge in [0.1, 0.15) is 17.9 Å². The lowest BCUT2D eigenvalue weighted by Crippen LogP contribution is -2.13. The van der Waals surface area contributed by atoms with Gasteiger partial charge in [-0.3, -0.25) is 14.7 Å². The number of urea groups is 1. The van der Waals surface area contributed by atoms with Crippen molar-refractivity contribution in [3.05, 3.63) is 89.0 Å². The first-order valence-electron chi connectivity index (χ1n) is 17.7. The number of carbonyl (C=O) groups is 3. The van der Waals surface area contributed by atoms with E-state index in [-0.39, 0.29) is 22.4 Å². The molecular weight excluding hydrogens is 783 g/mol. The summed E-state index contributed by atoms with van der Waals surface area (Å²) in [5.41, 5.74) is 2.78. The molecule has 15 heteroatoms. The predicted octanol–water partition coefficient (Wildman–Crippen LogP) is 11.2. The summed E-state index contributed by atoms with van der Waals surface area (Å²) in [5, 5.41) is 11.4. The highest BCUT2D eigenvalue weighted by atomic mass is 32.2. The lowest BCUT2D eigenvalue weighted by molar-refractivity contribution is -0.116. The van der Waals surface area contributed by atoms with Crippen molar-refractivity contribution in [1.29, 1.82) is 0 Å². The summed E-state index contributed by atoms with van der Waals surface area (Å²) in [6.45, 7) is 12.1. The summed E-state index contributed by atoms with van der Waals surface area (Å²) in [7, 11) is 6.48.